The molecule has 114 heavy (non-hydrogen) atoms. The number of benzene rings is 1. The molecule has 1 aromatic rings. The number of carbonyl (C=O) groups is 4. The fraction of sp³-hybridized carbons (Fsp3) is 0.821. The monoisotopic (exact) mass is 1630 g/mol. The van der Waals surface area contributed by atoms with Crippen LogP contribution in [0.25, 0.3) is 6.08 Å². The highest BCUT2D eigenvalue weighted by Crippen LogP contribution is 2.76. The molecule has 36 nitrogen and oxygen atoms in total. The number of hydrogen-bond acceptors (Lipinski definition) is 35. The van der Waals surface area contributed by atoms with E-state index in [0.717, 1.165) is 17.9 Å². The van der Waals surface area contributed by atoms with Crippen LogP contribution >= 0.6 is 0 Å². The summed E-state index contributed by atoms with van der Waals surface area (Å²) in [6.07, 6.45) is -45.5. The number of aliphatic hydroxyl groups excluding tert-OH is 15. The Morgan fingerprint density at radius 2 is 1.01 bits per heavy atom. The third-order valence-electron chi connectivity index (χ3n) is 27.8. The number of carboxylic acid groups (broad SMARTS) is 1. The highest BCUT2D eigenvalue weighted by molar-refractivity contribution is 5.87. The molecule has 0 radical (unpaired) electrons. The van der Waals surface area contributed by atoms with Gasteiger partial charge in [0.1, 0.15) is 128 Å². The van der Waals surface area contributed by atoms with E-state index in [-0.39, 0.29) is 17.8 Å². The van der Waals surface area contributed by atoms with Gasteiger partial charge in [-0.15, -0.1) is 0 Å². The summed E-state index contributed by atoms with van der Waals surface area (Å²) in [6.45, 7) is 13.6. The maximum atomic E-state index is 16.1. The second kappa shape index (κ2) is 33.8. The van der Waals surface area contributed by atoms with Gasteiger partial charge in [-0.1, -0.05) is 65.3 Å². The molecule has 7 saturated heterocycles. The Kier molecular flexibility index (Phi) is 25.9. The average molecular weight is 1630 g/mol. The number of rotatable bonds is 20. The highest BCUT2D eigenvalue weighted by atomic mass is 16.8. The smallest absolute Gasteiger partial charge is 0.335 e. The van der Waals surface area contributed by atoms with Crippen LogP contribution in [0.3, 0.4) is 0 Å². The van der Waals surface area contributed by atoms with Crippen molar-refractivity contribution in [2.75, 3.05) is 33.5 Å². The first-order valence-corrected chi connectivity index (χ1v) is 39.4. The first-order chi connectivity index (χ1) is 53.7. The topological polar surface area (TPSA) is 540 Å². The van der Waals surface area contributed by atoms with Crippen molar-refractivity contribution < 1.29 is 177 Å². The van der Waals surface area contributed by atoms with Crippen LogP contribution in [0, 0.1) is 50.2 Å². The van der Waals surface area contributed by atoms with E-state index in [1.54, 1.807) is 31.2 Å². The Hall–Kier alpha value is -4.54. The minimum Gasteiger partial charge on any atom is -0.497 e. The zero-order valence-electron chi connectivity index (χ0n) is 65.0. The van der Waals surface area contributed by atoms with Gasteiger partial charge in [-0.2, -0.15) is 0 Å². The zero-order valence-corrected chi connectivity index (χ0v) is 65.0. The Bertz CT molecular complexity index is 3590. The first kappa shape index (κ1) is 87.3. The molecule has 16 N–H and O–H groups in total. The van der Waals surface area contributed by atoms with Crippen LogP contribution in [0.1, 0.15) is 125 Å². The summed E-state index contributed by atoms with van der Waals surface area (Å²) < 4.78 is 96.0. The number of ether oxygens (including phenoxy) is 16. The van der Waals surface area contributed by atoms with Gasteiger partial charge in [-0.05, 0) is 141 Å². The minimum absolute atomic E-state index is 0.112. The van der Waals surface area contributed by atoms with Crippen LogP contribution in [0.4, 0.5) is 0 Å². The molecule has 7 heterocycles. The molecule has 4 saturated carbocycles. The van der Waals surface area contributed by atoms with Crippen LogP contribution in [-0.2, 0) is 90.2 Å². The van der Waals surface area contributed by atoms with Crippen molar-refractivity contribution in [3.63, 3.8) is 0 Å². The number of aliphatic carboxylic acids is 1. The van der Waals surface area contributed by atoms with Crippen LogP contribution < -0.4 is 4.74 Å². The first-order valence-electron chi connectivity index (χ1n) is 39.4. The summed E-state index contributed by atoms with van der Waals surface area (Å²) in [7, 11) is 1.51. The fourth-order valence-electron chi connectivity index (χ4n) is 20.8. The molecule has 0 aromatic heterocycles. The third-order valence-corrected chi connectivity index (χ3v) is 27.8. The highest BCUT2D eigenvalue weighted by Gasteiger charge is 2.72. The van der Waals surface area contributed by atoms with Crippen LogP contribution in [-0.4, -0.2) is 336 Å². The summed E-state index contributed by atoms with van der Waals surface area (Å²) in [5, 5.41) is 176. The van der Waals surface area contributed by atoms with Gasteiger partial charge in [-0.25, -0.2) is 9.59 Å². The van der Waals surface area contributed by atoms with E-state index in [2.05, 4.69) is 40.7 Å². The Labute approximate surface area is 657 Å². The number of carboxylic acids is 1. The van der Waals surface area contributed by atoms with E-state index >= 15 is 4.79 Å². The average Bonchev–Trinajstić information content (AvgIpc) is 0.676. The molecule has 5 aliphatic carbocycles. The van der Waals surface area contributed by atoms with Crippen LogP contribution in [0.5, 0.6) is 5.75 Å². The van der Waals surface area contributed by atoms with Crippen molar-refractivity contribution >= 4 is 30.3 Å². The number of fused-ring (bicyclic) bond motifs is 7. The van der Waals surface area contributed by atoms with E-state index in [0.29, 0.717) is 69.1 Å². The number of allylic oxidation sites excluding steroid dienone is 2. The summed E-state index contributed by atoms with van der Waals surface area (Å²) >= 11 is 0. The predicted octanol–water partition coefficient (Wildman–Crippen LogP) is -2.41. The molecule has 0 unspecified atom stereocenters. The summed E-state index contributed by atoms with van der Waals surface area (Å²) in [4.78, 5) is 57.1. The van der Waals surface area contributed by atoms with E-state index in [9.17, 15) is 96.1 Å². The largest absolute Gasteiger partial charge is 0.497 e. The Morgan fingerprint density at radius 3 is 1.60 bits per heavy atom. The fourth-order valence-corrected chi connectivity index (χ4v) is 20.8. The van der Waals surface area contributed by atoms with Crippen molar-refractivity contribution in [3.05, 3.63) is 47.6 Å². The molecule has 13 rings (SSSR count). The molecule has 642 valence electrons. The lowest BCUT2D eigenvalue weighted by Gasteiger charge is -2.71. The van der Waals surface area contributed by atoms with Crippen molar-refractivity contribution in [1.29, 1.82) is 0 Å². The second-order valence-corrected chi connectivity index (χ2v) is 35.1. The van der Waals surface area contributed by atoms with Crippen molar-refractivity contribution in [2.24, 2.45) is 50.2 Å². The molecule has 0 spiro atoms. The molecule has 40 atom stereocenters. The minimum atomic E-state index is -2.16. The quantitative estimate of drug-likeness (QED) is 0.0213. The van der Waals surface area contributed by atoms with Gasteiger partial charge >= 0.3 is 17.9 Å². The summed E-state index contributed by atoms with van der Waals surface area (Å²) in [5.74, 6) is -3.69. The zero-order chi connectivity index (χ0) is 82.5. The number of aldehydes is 1. The predicted molar refractivity (Wildman–Crippen MR) is 381 cm³/mol. The van der Waals surface area contributed by atoms with E-state index in [1.165, 1.54) is 27.0 Å². The van der Waals surface area contributed by atoms with E-state index in [1.807, 2.05) is 0 Å². The maximum absolute atomic E-state index is 16.1. The Morgan fingerprint density at radius 1 is 0.482 bits per heavy atom. The van der Waals surface area contributed by atoms with Gasteiger partial charge in [0.2, 0.25) is 6.29 Å². The summed E-state index contributed by atoms with van der Waals surface area (Å²) in [6, 6.07) is 6.77. The normalized spacial score (nSPS) is 50.3. The maximum Gasteiger partial charge on any atom is 0.335 e. The van der Waals surface area contributed by atoms with Gasteiger partial charge in [0.15, 0.2) is 56.1 Å². The second-order valence-electron chi connectivity index (χ2n) is 35.1. The molecule has 11 fully saturated rings. The number of esters is 2. The number of aliphatic hydroxyl groups is 15. The molecule has 0 amide bonds. The lowest BCUT2D eigenvalue weighted by Crippen LogP contribution is -2.68. The van der Waals surface area contributed by atoms with Gasteiger partial charge in [0.25, 0.3) is 0 Å². The summed E-state index contributed by atoms with van der Waals surface area (Å²) in [5.41, 5.74) is -2.96. The molecule has 0 bridgehead atoms. The lowest BCUT2D eigenvalue weighted by molar-refractivity contribution is -0.386. The molecule has 7 aliphatic heterocycles. The van der Waals surface area contributed by atoms with Gasteiger partial charge in [-0.3, -0.25) is 4.79 Å². The van der Waals surface area contributed by atoms with Gasteiger partial charge in [0.05, 0.1) is 62.7 Å². The van der Waals surface area contributed by atoms with E-state index in [4.69, 9.17) is 75.8 Å². The SMILES string of the molecule is COc1ccc(C=CC(=O)O[C@@H]2[C@H](O)[C@@H](O[C@@H]3O[C@@H](C)[C@H](O[C@@H]4OC[C@@H](O)[C@H](O[C@@H]5OC[C@@H](O)[C@H](O)[C@H]5O)[C@H]4O)[C@@H](O)[C@H]3O)[C@H](OC(=O)[C@]34CCC(C)(C)C[C@H]3C3=CC[C@@H]5[C@@]6(C)CC[C@H](O[C@@H]7O[C@H](C(=O)O)[C@@H](O)[C@H](O[C@@H]8OC[C@@H](O)[C@H](O)[C@H]8O)[C@H]7O[C@@H]7OC[C@H](O)[C@H](O)[C@H]7O)[C@@](C)(C=O)[C@@H]6CC[C@@]5(C)[C@]3(C)CC4)O[C@@H]2C)cc1. The number of carbonyl (C=O) groups excluding carboxylic acids is 3. The molecule has 1 aromatic carbocycles. The van der Waals surface area contributed by atoms with E-state index < -0.39 is 280 Å². The molecule has 12 aliphatic rings. The van der Waals surface area contributed by atoms with Gasteiger partial charge in [0, 0.05) is 6.08 Å². The number of hydrogen-bond donors (Lipinski definition) is 16. The van der Waals surface area contributed by atoms with Crippen molar-refractivity contribution in [2.45, 2.75) is 316 Å². The van der Waals surface area contributed by atoms with Crippen LogP contribution in [0.2, 0.25) is 0 Å². The molecular formula is C78H114O36. The van der Waals surface area contributed by atoms with Gasteiger partial charge < -0.3 is 162 Å². The van der Waals surface area contributed by atoms with Crippen molar-refractivity contribution in [1.82, 2.24) is 0 Å². The number of methoxy groups -OCH3 is 1. The third kappa shape index (κ3) is 15.9. The molecule has 36 heteroatoms. The van der Waals surface area contributed by atoms with Crippen LogP contribution in [0.15, 0.2) is 42.0 Å². The Balaban J connectivity index is 0.752. The molecular weight excluding hydrogens is 1510 g/mol. The van der Waals surface area contributed by atoms with Crippen molar-refractivity contribution in [3.8, 4) is 5.75 Å². The standard InChI is InChI=1S/C78H114O36/c1-32-57(108-68-56(95)59(41(83)30-103-68)109-65-50(89)46(85)38(80)27-100-65)49(88)53(92)69(104-32)112-62-54(93)58(107-45(84)17-12-34-10-13-35(99-9)14-11-34)33(2)105-70(62)114-72(98)78-24-22-73(3,4)26-37(78)36-15-16-43-74(5)20-19-44(75(6,31-79)42(74)18-21-77(43,8)76(36,7)23-25-78)106-71-63(113-67-52(91)48(87)40(82)29-102-67)60(55(94)61(111-71)64(96)97)110-66-51(90)47(86)39(81)28-101-66/h10-15,17,31-33,37-44,46-63,65-71,80-83,85-95H,16,18-30H2,1-9H3,(H,96,97)/t32-,33+,37-,38+,39+,40-,41+,42+,43+,44-,46-,47-,48-,49-,50+,51+,52+,53+,54-,55-,56+,57-,58-,59-,60-,61-,62+,63+,65-,66-,67-,68-,69-,70-,71+,74-,75-,76+,77+,78-/m0/s1. The lowest BCUT2D eigenvalue weighted by atomic mass is 9.33.